The lowest BCUT2D eigenvalue weighted by molar-refractivity contribution is -0.131. The number of nitrogens with one attached hydrogen (secondary N) is 1. The SMILES string of the molecule is Cc1cc(OC(C)C)nc(NCCC(F)(F)F)n1. The van der Waals surface area contributed by atoms with Crippen LogP contribution < -0.4 is 10.1 Å². The summed E-state index contributed by atoms with van der Waals surface area (Å²) in [4.78, 5) is 7.97. The normalized spacial score (nSPS) is 11.7. The predicted molar refractivity (Wildman–Crippen MR) is 61.7 cm³/mol. The van der Waals surface area contributed by atoms with Crippen LogP contribution in [0.1, 0.15) is 26.0 Å². The van der Waals surface area contributed by atoms with Crippen LogP contribution in [0.15, 0.2) is 6.07 Å². The van der Waals surface area contributed by atoms with Crippen LogP contribution in [-0.4, -0.2) is 28.8 Å². The number of hydrogen-bond donors (Lipinski definition) is 1. The van der Waals surface area contributed by atoms with Gasteiger partial charge in [0.2, 0.25) is 11.8 Å². The lowest BCUT2D eigenvalue weighted by Gasteiger charge is -2.12. The van der Waals surface area contributed by atoms with E-state index in [1.165, 1.54) is 0 Å². The summed E-state index contributed by atoms with van der Waals surface area (Å²) < 4.78 is 41.3. The molecule has 0 amide bonds. The highest BCUT2D eigenvalue weighted by Gasteiger charge is 2.26. The van der Waals surface area contributed by atoms with Crippen LogP contribution in [-0.2, 0) is 0 Å². The number of alkyl halides is 3. The topological polar surface area (TPSA) is 47.0 Å². The van der Waals surface area contributed by atoms with E-state index < -0.39 is 12.6 Å². The summed E-state index contributed by atoms with van der Waals surface area (Å²) >= 11 is 0. The van der Waals surface area contributed by atoms with Gasteiger partial charge in [-0.25, -0.2) is 4.98 Å². The molecular weight excluding hydrogens is 247 g/mol. The molecule has 0 fully saturated rings. The van der Waals surface area contributed by atoms with Gasteiger partial charge in [-0.1, -0.05) is 0 Å². The third kappa shape index (κ3) is 5.70. The number of aryl methyl sites for hydroxylation is 1. The fraction of sp³-hybridized carbons (Fsp3) is 0.636. The van der Waals surface area contributed by atoms with Crippen molar-refractivity contribution in [3.8, 4) is 5.88 Å². The van der Waals surface area contributed by atoms with E-state index in [4.69, 9.17) is 4.74 Å². The molecule has 0 saturated heterocycles. The minimum absolute atomic E-state index is 0.0534. The van der Waals surface area contributed by atoms with Crippen molar-refractivity contribution in [1.82, 2.24) is 9.97 Å². The van der Waals surface area contributed by atoms with E-state index in [9.17, 15) is 13.2 Å². The number of hydrogen-bond acceptors (Lipinski definition) is 4. The summed E-state index contributed by atoms with van der Waals surface area (Å²) in [7, 11) is 0. The van der Waals surface area contributed by atoms with Gasteiger partial charge in [0.05, 0.1) is 12.5 Å². The first kappa shape index (κ1) is 14.5. The molecule has 7 heteroatoms. The molecule has 0 saturated carbocycles. The van der Waals surface area contributed by atoms with Gasteiger partial charge in [0.25, 0.3) is 0 Å². The highest BCUT2D eigenvalue weighted by atomic mass is 19.4. The Hall–Kier alpha value is -1.53. The lowest BCUT2D eigenvalue weighted by Crippen LogP contribution is -2.16. The number of nitrogens with zero attached hydrogens (tertiary/aromatic N) is 2. The lowest BCUT2D eigenvalue weighted by atomic mass is 10.4. The van der Waals surface area contributed by atoms with Crippen molar-refractivity contribution in [2.45, 2.75) is 39.5 Å². The molecule has 0 atom stereocenters. The molecule has 0 aliphatic rings. The second-order valence-corrected chi connectivity index (χ2v) is 4.13. The summed E-state index contributed by atoms with van der Waals surface area (Å²) in [5, 5.41) is 2.53. The summed E-state index contributed by atoms with van der Waals surface area (Å²) in [6.07, 6.45) is -5.17. The van der Waals surface area contributed by atoms with Crippen molar-refractivity contribution >= 4 is 5.95 Å². The first-order valence-corrected chi connectivity index (χ1v) is 5.59. The highest BCUT2D eigenvalue weighted by Crippen LogP contribution is 2.19. The van der Waals surface area contributed by atoms with E-state index in [2.05, 4.69) is 15.3 Å². The molecule has 102 valence electrons. The number of ether oxygens (including phenoxy) is 1. The Balaban J connectivity index is 2.62. The number of anilines is 1. The predicted octanol–water partition coefficient (Wildman–Crippen LogP) is 2.94. The third-order valence-electron chi connectivity index (χ3n) is 1.88. The zero-order valence-corrected chi connectivity index (χ0v) is 10.5. The maximum atomic E-state index is 12.0. The standard InChI is InChI=1S/C11H16F3N3O/c1-7(2)18-9-6-8(3)16-10(17-9)15-5-4-11(12,13)14/h6-7H,4-5H2,1-3H3,(H,15,16,17). The Morgan fingerprint density at radius 3 is 2.56 bits per heavy atom. The van der Waals surface area contributed by atoms with Gasteiger partial charge in [0.1, 0.15) is 0 Å². The fourth-order valence-corrected chi connectivity index (χ4v) is 1.24. The van der Waals surface area contributed by atoms with Crippen molar-refractivity contribution in [3.63, 3.8) is 0 Å². The van der Waals surface area contributed by atoms with Gasteiger partial charge in [-0.3, -0.25) is 0 Å². The molecular formula is C11H16F3N3O. The molecule has 1 aromatic heterocycles. The average Bonchev–Trinajstić information content (AvgIpc) is 2.12. The first-order chi connectivity index (χ1) is 8.26. The fourth-order valence-electron chi connectivity index (χ4n) is 1.24. The molecule has 0 aliphatic carbocycles. The van der Waals surface area contributed by atoms with E-state index in [1.807, 2.05) is 13.8 Å². The van der Waals surface area contributed by atoms with Crippen LogP contribution in [0.4, 0.5) is 19.1 Å². The van der Waals surface area contributed by atoms with Gasteiger partial charge in [0.15, 0.2) is 0 Å². The monoisotopic (exact) mass is 263 g/mol. The molecule has 0 bridgehead atoms. The van der Waals surface area contributed by atoms with Gasteiger partial charge in [-0.2, -0.15) is 18.2 Å². The van der Waals surface area contributed by atoms with Crippen LogP contribution in [0.2, 0.25) is 0 Å². The number of halogens is 3. The molecule has 1 rings (SSSR count). The molecule has 0 unspecified atom stereocenters. The summed E-state index contributed by atoms with van der Waals surface area (Å²) in [5.41, 5.74) is 0.634. The van der Waals surface area contributed by atoms with E-state index in [1.54, 1.807) is 13.0 Å². The van der Waals surface area contributed by atoms with Crippen LogP contribution in [0, 0.1) is 6.92 Å². The van der Waals surface area contributed by atoms with Gasteiger partial charge in [0, 0.05) is 18.3 Å². The molecule has 1 heterocycles. The summed E-state index contributed by atoms with van der Waals surface area (Å²) in [6.45, 7) is 5.15. The molecule has 1 aromatic rings. The Bertz CT molecular complexity index is 394. The van der Waals surface area contributed by atoms with Gasteiger partial charge in [-0.05, 0) is 20.8 Å². The average molecular weight is 263 g/mol. The Kier molecular flexibility index (Phi) is 4.75. The van der Waals surface area contributed by atoms with Crippen LogP contribution in [0.3, 0.4) is 0 Å². The van der Waals surface area contributed by atoms with Crippen LogP contribution in [0.5, 0.6) is 5.88 Å². The second-order valence-electron chi connectivity index (χ2n) is 4.13. The number of aromatic nitrogens is 2. The molecule has 0 radical (unpaired) electrons. The van der Waals surface area contributed by atoms with Gasteiger partial charge in [-0.15, -0.1) is 0 Å². The van der Waals surface area contributed by atoms with Crippen molar-refractivity contribution in [2.75, 3.05) is 11.9 Å². The van der Waals surface area contributed by atoms with Crippen molar-refractivity contribution in [2.24, 2.45) is 0 Å². The van der Waals surface area contributed by atoms with Crippen molar-refractivity contribution in [3.05, 3.63) is 11.8 Å². The van der Waals surface area contributed by atoms with E-state index in [0.29, 0.717) is 11.6 Å². The van der Waals surface area contributed by atoms with Crippen LogP contribution in [0.25, 0.3) is 0 Å². The zero-order valence-electron chi connectivity index (χ0n) is 10.5. The minimum atomic E-state index is -4.19. The van der Waals surface area contributed by atoms with E-state index >= 15 is 0 Å². The Labute approximate surface area is 104 Å². The zero-order chi connectivity index (χ0) is 13.8. The Morgan fingerprint density at radius 1 is 1.33 bits per heavy atom. The molecule has 4 nitrogen and oxygen atoms in total. The molecule has 0 aromatic carbocycles. The maximum absolute atomic E-state index is 12.0. The number of rotatable bonds is 5. The molecule has 0 spiro atoms. The van der Waals surface area contributed by atoms with Gasteiger partial charge >= 0.3 is 6.18 Å². The quantitative estimate of drug-likeness (QED) is 0.887. The molecule has 0 aliphatic heterocycles. The third-order valence-corrected chi connectivity index (χ3v) is 1.88. The largest absolute Gasteiger partial charge is 0.475 e. The van der Waals surface area contributed by atoms with E-state index in [-0.39, 0.29) is 18.6 Å². The van der Waals surface area contributed by atoms with Crippen molar-refractivity contribution in [1.29, 1.82) is 0 Å². The van der Waals surface area contributed by atoms with Crippen LogP contribution >= 0.6 is 0 Å². The van der Waals surface area contributed by atoms with E-state index in [0.717, 1.165) is 0 Å². The van der Waals surface area contributed by atoms with Crippen molar-refractivity contribution < 1.29 is 17.9 Å². The highest BCUT2D eigenvalue weighted by molar-refractivity contribution is 5.30. The Morgan fingerprint density at radius 2 is 2.00 bits per heavy atom. The molecule has 18 heavy (non-hydrogen) atoms. The summed E-state index contributed by atoms with van der Waals surface area (Å²) in [5.74, 6) is 0.502. The van der Waals surface area contributed by atoms with Gasteiger partial charge < -0.3 is 10.1 Å². The second kappa shape index (κ2) is 5.88. The smallest absolute Gasteiger partial charge is 0.390 e. The first-order valence-electron chi connectivity index (χ1n) is 5.59. The summed E-state index contributed by atoms with van der Waals surface area (Å²) in [6, 6.07) is 1.63. The maximum Gasteiger partial charge on any atom is 0.390 e. The minimum Gasteiger partial charge on any atom is -0.475 e. The molecule has 1 N–H and O–H groups in total.